The number of nitrogens with one attached hydrogen (secondary N) is 1. The summed E-state index contributed by atoms with van der Waals surface area (Å²) in [5.74, 6) is -2.17. The van der Waals surface area contributed by atoms with Gasteiger partial charge in [-0.05, 0) is 43.0 Å². The fraction of sp³-hybridized carbons (Fsp3) is 0.321. The molecule has 0 saturated heterocycles. The Bertz CT molecular complexity index is 1300. The number of aldehydes is 1. The second-order valence-corrected chi connectivity index (χ2v) is 10.1. The zero-order valence-electron chi connectivity index (χ0n) is 21.0. The van der Waals surface area contributed by atoms with Crippen molar-refractivity contribution in [3.8, 4) is 0 Å². The first kappa shape index (κ1) is 26.2. The quantitative estimate of drug-likeness (QED) is 0.322. The Kier molecular flexibility index (Phi) is 6.52. The third-order valence-corrected chi connectivity index (χ3v) is 6.87. The maximum absolute atomic E-state index is 15.3. The van der Waals surface area contributed by atoms with Crippen molar-refractivity contribution in [1.29, 1.82) is 0 Å². The maximum atomic E-state index is 15.3. The van der Waals surface area contributed by atoms with E-state index in [0.717, 1.165) is 4.90 Å². The van der Waals surface area contributed by atoms with E-state index in [4.69, 9.17) is 0 Å². The Labute approximate surface area is 213 Å². The highest BCUT2D eigenvalue weighted by molar-refractivity contribution is 6.20. The molecular weight excluding hydrogens is 483 g/mol. The molecule has 6 nitrogen and oxygen atoms in total. The van der Waals surface area contributed by atoms with Crippen molar-refractivity contribution < 1.29 is 27.6 Å². The average molecular weight is 512 g/mol. The van der Waals surface area contributed by atoms with E-state index in [1.165, 1.54) is 24.1 Å². The zero-order chi connectivity index (χ0) is 27.2. The van der Waals surface area contributed by atoms with E-state index in [-0.39, 0.29) is 36.2 Å². The summed E-state index contributed by atoms with van der Waals surface area (Å²) in [4.78, 5) is 40.9. The largest absolute Gasteiger partial charge is 0.411 e. The highest BCUT2D eigenvalue weighted by Gasteiger charge is 2.73. The van der Waals surface area contributed by atoms with Gasteiger partial charge in [0.2, 0.25) is 5.41 Å². The molecule has 0 aromatic heterocycles. The third-order valence-electron chi connectivity index (χ3n) is 6.87. The Balaban J connectivity index is 1.99. The van der Waals surface area contributed by atoms with Crippen molar-refractivity contribution in [2.24, 2.45) is 10.8 Å². The first-order valence-corrected chi connectivity index (χ1v) is 11.8. The van der Waals surface area contributed by atoms with Crippen LogP contribution in [0.25, 0.3) is 0 Å². The van der Waals surface area contributed by atoms with Crippen LogP contribution in [0, 0.1) is 10.8 Å². The van der Waals surface area contributed by atoms with Crippen LogP contribution in [0.4, 0.5) is 24.5 Å². The number of hydrogen-bond acceptors (Lipinski definition) is 5. The van der Waals surface area contributed by atoms with Crippen molar-refractivity contribution in [2.45, 2.75) is 39.8 Å². The van der Waals surface area contributed by atoms with Crippen LogP contribution in [0.15, 0.2) is 83.2 Å². The number of anilines is 2. The molecule has 0 saturated carbocycles. The molecule has 0 radical (unpaired) electrons. The number of hydrogen-bond donors (Lipinski definition) is 1. The van der Waals surface area contributed by atoms with Gasteiger partial charge in [-0.3, -0.25) is 24.3 Å². The highest BCUT2D eigenvalue weighted by atomic mass is 19.4. The van der Waals surface area contributed by atoms with Crippen LogP contribution in [0.2, 0.25) is 0 Å². The molecule has 4 rings (SSSR count). The minimum absolute atomic E-state index is 0.0154. The SMILES string of the molecule is C/C(NN(C)c1ccccc1)=C(/C=O)C1(C(F)(F)F)C(=O)N(c2ccccc2)C2=C1C(=O)CC(C)(C)C2. The molecule has 1 aliphatic carbocycles. The normalized spacial score (nSPS) is 22.0. The number of hydrazine groups is 1. The molecule has 1 unspecified atom stereocenters. The van der Waals surface area contributed by atoms with E-state index >= 15 is 13.2 Å². The molecule has 1 heterocycles. The lowest BCUT2D eigenvalue weighted by Gasteiger charge is -2.36. The van der Waals surface area contributed by atoms with E-state index in [9.17, 15) is 14.4 Å². The van der Waals surface area contributed by atoms with Crippen LogP contribution in [-0.4, -0.2) is 31.2 Å². The van der Waals surface area contributed by atoms with Gasteiger partial charge in [0.15, 0.2) is 5.78 Å². The number of benzene rings is 2. The summed E-state index contributed by atoms with van der Waals surface area (Å²) in [6, 6.07) is 16.7. The van der Waals surface area contributed by atoms with Crippen LogP contribution < -0.4 is 15.3 Å². The molecule has 0 fully saturated rings. The number of Topliss-reactive ketones (excluding diaryl/α,β-unsaturated/α-hetero) is 1. The van der Waals surface area contributed by atoms with Crippen molar-refractivity contribution in [3.63, 3.8) is 0 Å². The van der Waals surface area contributed by atoms with E-state index in [2.05, 4.69) is 5.43 Å². The van der Waals surface area contributed by atoms with Gasteiger partial charge in [-0.2, -0.15) is 13.2 Å². The molecule has 2 aromatic rings. The summed E-state index contributed by atoms with van der Waals surface area (Å²) in [6.45, 7) is 4.84. The van der Waals surface area contributed by atoms with Crippen LogP contribution in [0.1, 0.15) is 33.6 Å². The summed E-state index contributed by atoms with van der Waals surface area (Å²) in [5, 5.41) is 1.44. The lowest BCUT2D eigenvalue weighted by molar-refractivity contribution is -0.197. The Hall–Kier alpha value is -3.88. The summed E-state index contributed by atoms with van der Waals surface area (Å²) < 4.78 is 45.8. The van der Waals surface area contributed by atoms with Crippen molar-refractivity contribution in [3.05, 3.63) is 83.2 Å². The van der Waals surface area contributed by atoms with E-state index in [1.54, 1.807) is 69.4 Å². The number of allylic oxidation sites excluding steroid dienone is 2. The maximum Gasteiger partial charge on any atom is 0.411 e. The Morgan fingerprint density at radius 1 is 1.00 bits per heavy atom. The number of alkyl halides is 3. The third kappa shape index (κ3) is 4.22. The van der Waals surface area contributed by atoms with Crippen molar-refractivity contribution in [2.75, 3.05) is 17.0 Å². The van der Waals surface area contributed by atoms with Crippen LogP contribution >= 0.6 is 0 Å². The fourth-order valence-electron chi connectivity index (χ4n) is 5.30. The molecule has 0 bridgehead atoms. The van der Waals surface area contributed by atoms with Gasteiger partial charge in [-0.1, -0.05) is 50.2 Å². The molecule has 2 aliphatic rings. The summed E-state index contributed by atoms with van der Waals surface area (Å²) in [6.07, 6.45) is -5.34. The molecule has 1 atom stereocenters. The van der Waals surface area contributed by atoms with Gasteiger partial charge in [0.05, 0.1) is 5.69 Å². The molecule has 37 heavy (non-hydrogen) atoms. The minimum Gasteiger partial charge on any atom is -0.303 e. The molecule has 2 aromatic carbocycles. The first-order chi connectivity index (χ1) is 17.3. The van der Waals surface area contributed by atoms with Gasteiger partial charge < -0.3 is 5.43 Å². The van der Waals surface area contributed by atoms with Crippen molar-refractivity contribution >= 4 is 29.4 Å². The number of halogens is 3. The second-order valence-electron chi connectivity index (χ2n) is 10.1. The van der Waals surface area contributed by atoms with E-state index in [0.29, 0.717) is 5.69 Å². The molecule has 0 spiro atoms. The predicted octanol–water partition coefficient (Wildman–Crippen LogP) is 5.34. The number of carbonyl (C=O) groups is 3. The predicted molar refractivity (Wildman–Crippen MR) is 134 cm³/mol. The summed E-state index contributed by atoms with van der Waals surface area (Å²) in [5.41, 5.74) is -2.20. The fourth-order valence-corrected chi connectivity index (χ4v) is 5.30. The summed E-state index contributed by atoms with van der Waals surface area (Å²) in [7, 11) is 1.58. The highest BCUT2D eigenvalue weighted by Crippen LogP contribution is 2.60. The van der Waals surface area contributed by atoms with Crippen LogP contribution in [0.3, 0.4) is 0 Å². The number of para-hydroxylation sites is 2. The molecule has 1 amide bonds. The zero-order valence-corrected chi connectivity index (χ0v) is 21.0. The van der Waals surface area contributed by atoms with Gasteiger partial charge >= 0.3 is 6.18 Å². The van der Waals surface area contributed by atoms with Gasteiger partial charge in [0.25, 0.3) is 5.91 Å². The lowest BCUT2D eigenvalue weighted by atomic mass is 9.66. The number of carbonyl (C=O) groups excluding carboxylic acids is 3. The minimum atomic E-state index is -5.27. The Morgan fingerprint density at radius 2 is 1.57 bits per heavy atom. The molecule has 194 valence electrons. The van der Waals surface area contributed by atoms with Gasteiger partial charge in [0.1, 0.15) is 6.29 Å². The smallest absolute Gasteiger partial charge is 0.303 e. The Morgan fingerprint density at radius 3 is 2.11 bits per heavy atom. The standard InChI is InChI=1S/C28H28F3N3O3/c1-18(32-33(4)19-11-7-5-8-12-19)21(17-35)27(28(29,30)31)24-22(15-26(2,3)16-23(24)36)34(25(27)37)20-13-9-6-10-14-20/h5-14,17,32H,15-16H2,1-4H3/b21-18+. The molecule has 9 heteroatoms. The van der Waals surface area contributed by atoms with Gasteiger partial charge in [-0.25, -0.2) is 0 Å². The number of ketones is 1. The number of nitrogens with zero attached hydrogens (tertiary/aromatic N) is 2. The second kappa shape index (κ2) is 9.21. The molecule has 1 N–H and O–H groups in total. The number of amides is 1. The monoisotopic (exact) mass is 511 g/mol. The lowest BCUT2D eigenvalue weighted by Crippen LogP contribution is -2.52. The topological polar surface area (TPSA) is 69.7 Å². The van der Waals surface area contributed by atoms with E-state index < -0.39 is 39.8 Å². The molecule has 1 aliphatic heterocycles. The van der Waals surface area contributed by atoms with E-state index in [1.807, 2.05) is 0 Å². The summed E-state index contributed by atoms with van der Waals surface area (Å²) >= 11 is 0. The van der Waals surface area contributed by atoms with Crippen LogP contribution in [0.5, 0.6) is 0 Å². The van der Waals surface area contributed by atoms with Crippen LogP contribution in [-0.2, 0) is 14.4 Å². The average Bonchev–Trinajstić information content (AvgIpc) is 3.08. The van der Waals surface area contributed by atoms with Gasteiger partial charge in [0, 0.05) is 41.7 Å². The number of rotatable bonds is 6. The van der Waals surface area contributed by atoms with Crippen molar-refractivity contribution in [1.82, 2.24) is 5.43 Å². The first-order valence-electron chi connectivity index (χ1n) is 11.8. The van der Waals surface area contributed by atoms with Gasteiger partial charge in [-0.15, -0.1) is 0 Å². The molecular formula is C28H28F3N3O3.